The number of nitrogens with zero attached hydrogens (tertiary/aromatic N) is 2. The normalized spacial score (nSPS) is 9.65. The van der Waals surface area contributed by atoms with Crippen molar-refractivity contribution in [1.82, 2.24) is 4.98 Å². The highest BCUT2D eigenvalue weighted by Crippen LogP contribution is 2.28. The van der Waals surface area contributed by atoms with Gasteiger partial charge in [0.15, 0.2) is 0 Å². The fourth-order valence-corrected chi connectivity index (χ4v) is 1.40. The molecule has 4 nitrogen and oxygen atoms in total. The Morgan fingerprint density at radius 3 is 2.94 bits per heavy atom. The SMILES string of the molecule is Cc1c(N)cccc1Oc1ccnc(C#N)c1. The Bertz CT molecular complexity index is 587. The van der Waals surface area contributed by atoms with Crippen molar-refractivity contribution in [2.75, 3.05) is 5.73 Å². The van der Waals surface area contributed by atoms with E-state index in [1.165, 1.54) is 6.20 Å². The Labute approximate surface area is 99.3 Å². The topological polar surface area (TPSA) is 71.9 Å². The van der Waals surface area contributed by atoms with Crippen LogP contribution in [0.4, 0.5) is 5.69 Å². The summed E-state index contributed by atoms with van der Waals surface area (Å²) in [5.74, 6) is 1.25. The zero-order chi connectivity index (χ0) is 12.3. The van der Waals surface area contributed by atoms with Crippen molar-refractivity contribution < 1.29 is 4.74 Å². The molecule has 0 amide bonds. The summed E-state index contributed by atoms with van der Waals surface area (Å²) >= 11 is 0. The number of anilines is 1. The van der Waals surface area contributed by atoms with Gasteiger partial charge < -0.3 is 10.5 Å². The first-order chi connectivity index (χ1) is 8.20. The minimum atomic E-state index is 0.323. The lowest BCUT2D eigenvalue weighted by atomic mass is 10.2. The number of hydrogen-bond donors (Lipinski definition) is 1. The van der Waals surface area contributed by atoms with Crippen LogP contribution >= 0.6 is 0 Å². The lowest BCUT2D eigenvalue weighted by Crippen LogP contribution is -1.93. The first kappa shape index (κ1) is 11.0. The van der Waals surface area contributed by atoms with Crippen molar-refractivity contribution in [3.05, 3.63) is 47.8 Å². The molecule has 0 aliphatic heterocycles. The predicted octanol–water partition coefficient (Wildman–Crippen LogP) is 2.64. The Morgan fingerprint density at radius 1 is 1.35 bits per heavy atom. The molecule has 1 aromatic carbocycles. The quantitative estimate of drug-likeness (QED) is 0.797. The van der Waals surface area contributed by atoms with E-state index < -0.39 is 0 Å². The zero-order valence-electron chi connectivity index (χ0n) is 9.34. The van der Waals surface area contributed by atoms with E-state index in [9.17, 15) is 0 Å². The van der Waals surface area contributed by atoms with Crippen LogP contribution in [0.25, 0.3) is 0 Å². The van der Waals surface area contributed by atoms with Crippen LogP contribution in [0, 0.1) is 18.3 Å². The van der Waals surface area contributed by atoms with Crippen LogP contribution in [0.5, 0.6) is 11.5 Å². The molecule has 0 saturated carbocycles. The summed E-state index contributed by atoms with van der Waals surface area (Å²) in [6.07, 6.45) is 1.54. The summed E-state index contributed by atoms with van der Waals surface area (Å²) < 4.78 is 5.66. The maximum absolute atomic E-state index is 8.74. The predicted molar refractivity (Wildman–Crippen MR) is 64.6 cm³/mol. The first-order valence-electron chi connectivity index (χ1n) is 5.10. The molecule has 4 heteroatoms. The third-order valence-electron chi connectivity index (χ3n) is 2.40. The summed E-state index contributed by atoms with van der Waals surface area (Å²) in [6.45, 7) is 1.89. The van der Waals surface area contributed by atoms with Crippen LogP contribution in [0.1, 0.15) is 11.3 Å². The molecule has 1 aromatic heterocycles. The number of hydrogen-bond acceptors (Lipinski definition) is 4. The van der Waals surface area contributed by atoms with E-state index in [-0.39, 0.29) is 0 Å². The minimum absolute atomic E-state index is 0.323. The van der Waals surface area contributed by atoms with Gasteiger partial charge in [0.25, 0.3) is 0 Å². The van der Waals surface area contributed by atoms with Gasteiger partial charge in [-0.05, 0) is 25.1 Å². The summed E-state index contributed by atoms with van der Waals surface area (Å²) in [5, 5.41) is 8.74. The molecule has 0 spiro atoms. The van der Waals surface area contributed by atoms with Gasteiger partial charge in [-0.1, -0.05) is 6.07 Å². The molecule has 2 aromatic rings. The maximum Gasteiger partial charge on any atom is 0.144 e. The molecule has 0 unspecified atom stereocenters. The van der Waals surface area contributed by atoms with E-state index in [2.05, 4.69) is 4.98 Å². The smallest absolute Gasteiger partial charge is 0.144 e. The number of ether oxygens (including phenoxy) is 1. The van der Waals surface area contributed by atoms with Crippen molar-refractivity contribution in [3.8, 4) is 17.6 Å². The van der Waals surface area contributed by atoms with E-state index >= 15 is 0 Å². The van der Waals surface area contributed by atoms with Gasteiger partial charge in [-0.3, -0.25) is 0 Å². The fraction of sp³-hybridized carbons (Fsp3) is 0.0769. The second kappa shape index (κ2) is 4.54. The van der Waals surface area contributed by atoms with E-state index in [1.807, 2.05) is 31.2 Å². The molecular weight excluding hydrogens is 214 g/mol. The van der Waals surface area contributed by atoms with Gasteiger partial charge >= 0.3 is 0 Å². The highest BCUT2D eigenvalue weighted by atomic mass is 16.5. The lowest BCUT2D eigenvalue weighted by molar-refractivity contribution is 0.478. The summed E-state index contributed by atoms with van der Waals surface area (Å²) in [6, 6.07) is 10.7. The molecule has 0 aliphatic rings. The minimum Gasteiger partial charge on any atom is -0.457 e. The molecule has 2 rings (SSSR count). The van der Waals surface area contributed by atoms with Crippen molar-refractivity contribution >= 4 is 5.69 Å². The monoisotopic (exact) mass is 225 g/mol. The van der Waals surface area contributed by atoms with Crippen molar-refractivity contribution in [3.63, 3.8) is 0 Å². The van der Waals surface area contributed by atoms with Gasteiger partial charge in [0.2, 0.25) is 0 Å². The van der Waals surface area contributed by atoms with Gasteiger partial charge in [-0.25, -0.2) is 4.98 Å². The Morgan fingerprint density at radius 2 is 2.18 bits per heavy atom. The van der Waals surface area contributed by atoms with Crippen LogP contribution in [0.2, 0.25) is 0 Å². The largest absolute Gasteiger partial charge is 0.457 e. The number of nitrogen functional groups attached to an aromatic ring is 1. The van der Waals surface area contributed by atoms with Gasteiger partial charge in [-0.15, -0.1) is 0 Å². The van der Waals surface area contributed by atoms with E-state index in [1.54, 1.807) is 12.1 Å². The molecular formula is C13H11N3O. The molecule has 0 saturated heterocycles. The number of aromatic nitrogens is 1. The number of pyridine rings is 1. The molecule has 0 fully saturated rings. The van der Waals surface area contributed by atoms with Crippen LogP contribution in [-0.2, 0) is 0 Å². The first-order valence-corrected chi connectivity index (χ1v) is 5.10. The van der Waals surface area contributed by atoms with Crippen LogP contribution in [-0.4, -0.2) is 4.98 Å². The highest BCUT2D eigenvalue weighted by Gasteiger charge is 2.04. The number of benzene rings is 1. The molecule has 0 aliphatic carbocycles. The van der Waals surface area contributed by atoms with Crippen LogP contribution in [0.3, 0.4) is 0 Å². The number of rotatable bonds is 2. The summed E-state index contributed by atoms with van der Waals surface area (Å²) in [5.41, 5.74) is 7.66. The maximum atomic E-state index is 8.74. The molecule has 0 bridgehead atoms. The van der Waals surface area contributed by atoms with Crippen LogP contribution < -0.4 is 10.5 Å². The standard InChI is InChI=1S/C13H11N3O/c1-9-12(15)3-2-4-13(9)17-11-5-6-16-10(7-11)8-14/h2-7H,15H2,1H3. The van der Waals surface area contributed by atoms with Gasteiger partial charge in [0.05, 0.1) is 0 Å². The second-order valence-electron chi connectivity index (χ2n) is 3.56. The van der Waals surface area contributed by atoms with E-state index in [0.717, 1.165) is 5.56 Å². The molecule has 2 N–H and O–H groups in total. The number of nitriles is 1. The molecule has 84 valence electrons. The van der Waals surface area contributed by atoms with Crippen molar-refractivity contribution in [1.29, 1.82) is 5.26 Å². The fourth-order valence-electron chi connectivity index (χ4n) is 1.40. The van der Waals surface area contributed by atoms with Gasteiger partial charge in [0.1, 0.15) is 23.3 Å². The Kier molecular flexibility index (Phi) is 2.93. The average molecular weight is 225 g/mol. The molecule has 17 heavy (non-hydrogen) atoms. The van der Waals surface area contributed by atoms with Gasteiger partial charge in [-0.2, -0.15) is 5.26 Å². The third kappa shape index (κ3) is 2.34. The second-order valence-corrected chi connectivity index (χ2v) is 3.56. The zero-order valence-corrected chi connectivity index (χ0v) is 9.34. The molecule has 0 radical (unpaired) electrons. The van der Waals surface area contributed by atoms with Gasteiger partial charge in [0, 0.05) is 23.5 Å². The summed E-state index contributed by atoms with van der Waals surface area (Å²) in [7, 11) is 0. The van der Waals surface area contributed by atoms with Crippen LogP contribution in [0.15, 0.2) is 36.5 Å². The number of nitrogens with two attached hydrogens (primary N) is 1. The van der Waals surface area contributed by atoms with Crippen molar-refractivity contribution in [2.45, 2.75) is 6.92 Å². The van der Waals surface area contributed by atoms with E-state index in [4.69, 9.17) is 15.7 Å². The molecule has 1 heterocycles. The average Bonchev–Trinajstić information content (AvgIpc) is 2.35. The lowest BCUT2D eigenvalue weighted by Gasteiger charge is -2.09. The summed E-state index contributed by atoms with van der Waals surface area (Å²) in [4.78, 5) is 3.87. The Balaban J connectivity index is 2.32. The van der Waals surface area contributed by atoms with Crippen molar-refractivity contribution in [2.24, 2.45) is 0 Å². The molecule has 0 atom stereocenters. The highest BCUT2D eigenvalue weighted by molar-refractivity contribution is 5.54. The van der Waals surface area contributed by atoms with E-state index in [0.29, 0.717) is 22.9 Å². The third-order valence-corrected chi connectivity index (χ3v) is 2.40. The Hall–Kier alpha value is -2.54.